The summed E-state index contributed by atoms with van der Waals surface area (Å²) in [4.78, 5) is 20.7. The van der Waals surface area contributed by atoms with Crippen LogP contribution in [0.2, 0.25) is 5.02 Å². The number of ketones is 1. The fraction of sp³-hybridized carbons (Fsp3) is 0.360. The predicted molar refractivity (Wildman–Crippen MR) is 126 cm³/mol. The number of carbonyl (C=O) groups is 1. The van der Waals surface area contributed by atoms with Crippen molar-refractivity contribution in [1.82, 2.24) is 18.9 Å². The summed E-state index contributed by atoms with van der Waals surface area (Å²) in [6.45, 7) is 6.09. The Hall–Kier alpha value is -2.63. The number of rotatable bonds is 6. The summed E-state index contributed by atoms with van der Waals surface area (Å²) in [5, 5.41) is 0.673. The molecule has 1 aliphatic rings. The van der Waals surface area contributed by atoms with Crippen molar-refractivity contribution in [2.24, 2.45) is 0 Å². The molecule has 0 radical (unpaired) electrons. The van der Waals surface area contributed by atoms with Gasteiger partial charge in [0.05, 0.1) is 11.0 Å². The van der Waals surface area contributed by atoms with E-state index in [9.17, 15) is 4.79 Å². The number of piperidine rings is 1. The van der Waals surface area contributed by atoms with Gasteiger partial charge in [-0.1, -0.05) is 49.2 Å². The number of carbonyl (C=O) groups excluding carboxylic acids is 1. The molecule has 1 fully saturated rings. The standard InChI is InChI=1S/C25H27ClN4O/c1-2-22(31)24-23(18-10-12-19(26)13-11-18)27-25-29(17-16-28-14-6-3-7-15-28)20-8-4-5-9-21(20)30(24)25/h4-5,8-13H,2-3,6-7,14-17H2,1H3. The molecule has 0 amide bonds. The lowest BCUT2D eigenvalue weighted by Gasteiger charge is -2.26. The number of hydrogen-bond donors (Lipinski definition) is 0. The maximum atomic E-state index is 13.1. The lowest BCUT2D eigenvalue weighted by atomic mass is 10.1. The van der Waals surface area contributed by atoms with Crippen molar-refractivity contribution in [3.05, 3.63) is 59.2 Å². The van der Waals surface area contributed by atoms with Crippen LogP contribution in [-0.2, 0) is 6.54 Å². The number of fused-ring (bicyclic) bond motifs is 3. The summed E-state index contributed by atoms with van der Waals surface area (Å²) >= 11 is 6.10. The molecule has 1 saturated heterocycles. The summed E-state index contributed by atoms with van der Waals surface area (Å²) in [5.74, 6) is 0.927. The number of imidazole rings is 2. The van der Waals surface area contributed by atoms with Gasteiger partial charge in [0.1, 0.15) is 11.4 Å². The zero-order valence-electron chi connectivity index (χ0n) is 17.9. The van der Waals surface area contributed by atoms with Crippen molar-refractivity contribution in [3.63, 3.8) is 0 Å². The molecule has 5 rings (SSSR count). The Morgan fingerprint density at radius 2 is 1.68 bits per heavy atom. The van der Waals surface area contributed by atoms with Crippen LogP contribution in [0.15, 0.2) is 48.5 Å². The molecule has 2 aromatic heterocycles. The molecule has 0 spiro atoms. The number of hydrogen-bond acceptors (Lipinski definition) is 3. The molecule has 2 aromatic carbocycles. The topological polar surface area (TPSA) is 42.5 Å². The molecule has 5 nitrogen and oxygen atoms in total. The molecule has 1 aliphatic heterocycles. The third-order valence-corrected chi connectivity index (χ3v) is 6.56. The van der Waals surface area contributed by atoms with Gasteiger partial charge in [0.25, 0.3) is 0 Å². The van der Waals surface area contributed by atoms with Crippen LogP contribution < -0.4 is 0 Å². The average Bonchev–Trinajstić information content (AvgIpc) is 3.33. The third-order valence-electron chi connectivity index (χ3n) is 6.31. The minimum absolute atomic E-state index is 0.0939. The average molecular weight is 435 g/mol. The van der Waals surface area contributed by atoms with Gasteiger partial charge < -0.3 is 9.47 Å². The van der Waals surface area contributed by atoms with E-state index >= 15 is 0 Å². The van der Waals surface area contributed by atoms with E-state index in [1.165, 1.54) is 32.4 Å². The van der Waals surface area contributed by atoms with Crippen LogP contribution in [0.3, 0.4) is 0 Å². The van der Waals surface area contributed by atoms with Crippen molar-refractivity contribution in [2.75, 3.05) is 19.6 Å². The molecule has 0 aliphatic carbocycles. The van der Waals surface area contributed by atoms with Gasteiger partial charge in [-0.25, -0.2) is 4.98 Å². The van der Waals surface area contributed by atoms with Crippen molar-refractivity contribution in [1.29, 1.82) is 0 Å². The number of halogens is 1. The lowest BCUT2D eigenvalue weighted by molar-refractivity contribution is 0.0983. The maximum Gasteiger partial charge on any atom is 0.216 e. The molecule has 0 atom stereocenters. The molecule has 0 bridgehead atoms. The Kier molecular flexibility index (Phi) is 5.55. The van der Waals surface area contributed by atoms with E-state index in [1.54, 1.807) is 0 Å². The fourth-order valence-electron chi connectivity index (χ4n) is 4.69. The van der Waals surface area contributed by atoms with E-state index in [-0.39, 0.29) is 5.78 Å². The summed E-state index contributed by atoms with van der Waals surface area (Å²) < 4.78 is 4.33. The Labute approximate surface area is 187 Å². The van der Waals surface area contributed by atoms with Gasteiger partial charge in [-0.15, -0.1) is 0 Å². The minimum Gasteiger partial charge on any atom is -0.308 e. The van der Waals surface area contributed by atoms with E-state index in [4.69, 9.17) is 16.6 Å². The normalized spacial score (nSPS) is 15.2. The Morgan fingerprint density at radius 1 is 0.968 bits per heavy atom. The van der Waals surface area contributed by atoms with Gasteiger partial charge in [-0.2, -0.15) is 0 Å². The number of Topliss-reactive ketones (excluding diaryl/α,β-unsaturated/α-hetero) is 1. The first kappa shape index (κ1) is 20.3. The first-order chi connectivity index (χ1) is 15.2. The highest BCUT2D eigenvalue weighted by Gasteiger charge is 2.25. The highest BCUT2D eigenvalue weighted by atomic mass is 35.5. The van der Waals surface area contributed by atoms with Crippen LogP contribution in [0.5, 0.6) is 0 Å². The van der Waals surface area contributed by atoms with Crippen LogP contribution in [0.4, 0.5) is 0 Å². The molecule has 0 saturated carbocycles. The molecular formula is C25H27ClN4O. The smallest absolute Gasteiger partial charge is 0.216 e. The third kappa shape index (κ3) is 3.66. The van der Waals surface area contributed by atoms with Crippen LogP contribution in [0.1, 0.15) is 43.1 Å². The second-order valence-corrected chi connectivity index (χ2v) is 8.71. The van der Waals surface area contributed by atoms with Crippen LogP contribution in [-0.4, -0.2) is 44.3 Å². The number of para-hydroxylation sites is 2. The number of likely N-dealkylation sites (tertiary alicyclic amines) is 1. The van der Waals surface area contributed by atoms with Gasteiger partial charge in [0.2, 0.25) is 5.78 Å². The van der Waals surface area contributed by atoms with E-state index < -0.39 is 0 Å². The zero-order valence-corrected chi connectivity index (χ0v) is 18.6. The summed E-state index contributed by atoms with van der Waals surface area (Å²) in [5.41, 5.74) is 4.45. The number of nitrogens with zero attached hydrogens (tertiary/aromatic N) is 4. The highest BCUT2D eigenvalue weighted by Crippen LogP contribution is 2.31. The Morgan fingerprint density at radius 3 is 2.39 bits per heavy atom. The van der Waals surface area contributed by atoms with Crippen molar-refractivity contribution < 1.29 is 4.79 Å². The molecule has 31 heavy (non-hydrogen) atoms. The fourth-order valence-corrected chi connectivity index (χ4v) is 4.81. The largest absolute Gasteiger partial charge is 0.308 e. The second-order valence-electron chi connectivity index (χ2n) is 8.27. The van der Waals surface area contributed by atoms with E-state index in [1.807, 2.05) is 37.3 Å². The Bertz CT molecular complexity index is 1230. The molecule has 160 valence electrons. The second kappa shape index (κ2) is 8.48. The molecule has 4 aromatic rings. The number of aromatic nitrogens is 3. The van der Waals surface area contributed by atoms with Crippen molar-refractivity contribution >= 4 is 34.2 Å². The molecule has 6 heteroatoms. The summed E-state index contributed by atoms with van der Waals surface area (Å²) in [6, 6.07) is 15.9. The highest BCUT2D eigenvalue weighted by molar-refractivity contribution is 6.30. The lowest BCUT2D eigenvalue weighted by Crippen LogP contribution is -2.32. The molecule has 3 heterocycles. The van der Waals surface area contributed by atoms with Gasteiger partial charge in [-0.05, 0) is 50.2 Å². The number of benzene rings is 2. The predicted octanol–water partition coefficient (Wildman–Crippen LogP) is 5.69. The molecular weight excluding hydrogens is 408 g/mol. The van der Waals surface area contributed by atoms with Gasteiger partial charge >= 0.3 is 0 Å². The first-order valence-corrected chi connectivity index (χ1v) is 11.6. The monoisotopic (exact) mass is 434 g/mol. The summed E-state index contributed by atoms with van der Waals surface area (Å²) in [6.07, 6.45) is 4.32. The Balaban J connectivity index is 1.68. The van der Waals surface area contributed by atoms with E-state index in [0.29, 0.717) is 17.1 Å². The van der Waals surface area contributed by atoms with Crippen LogP contribution in [0.25, 0.3) is 28.1 Å². The SMILES string of the molecule is CCC(=O)c1c(-c2ccc(Cl)cc2)nc2n(CCN3CCCCC3)c3ccccc3n12. The van der Waals surface area contributed by atoms with E-state index in [2.05, 4.69) is 32.1 Å². The minimum atomic E-state index is 0.0939. The van der Waals surface area contributed by atoms with Crippen LogP contribution >= 0.6 is 11.6 Å². The van der Waals surface area contributed by atoms with Crippen molar-refractivity contribution in [2.45, 2.75) is 39.2 Å². The maximum absolute atomic E-state index is 13.1. The molecule has 0 unspecified atom stereocenters. The first-order valence-electron chi connectivity index (χ1n) is 11.2. The van der Waals surface area contributed by atoms with Gasteiger partial charge in [-0.3, -0.25) is 9.20 Å². The van der Waals surface area contributed by atoms with Gasteiger partial charge in [0, 0.05) is 30.1 Å². The molecule has 0 N–H and O–H groups in total. The van der Waals surface area contributed by atoms with Gasteiger partial charge in [0.15, 0.2) is 5.78 Å². The zero-order chi connectivity index (χ0) is 21.4. The quantitative estimate of drug-likeness (QED) is 0.366. The van der Waals surface area contributed by atoms with Crippen molar-refractivity contribution in [3.8, 4) is 11.3 Å². The van der Waals surface area contributed by atoms with E-state index in [0.717, 1.165) is 41.2 Å². The summed E-state index contributed by atoms with van der Waals surface area (Å²) in [7, 11) is 0. The van der Waals surface area contributed by atoms with Crippen LogP contribution in [0, 0.1) is 0 Å².